The van der Waals surface area contributed by atoms with Crippen molar-refractivity contribution >= 4 is 5.91 Å². The second-order valence-corrected chi connectivity index (χ2v) is 5.84. The molecule has 2 aromatic carbocycles. The zero-order valence-electron chi connectivity index (χ0n) is 12.5. The van der Waals surface area contributed by atoms with Gasteiger partial charge in [-0.1, -0.05) is 35.9 Å². The summed E-state index contributed by atoms with van der Waals surface area (Å²) < 4.78 is 5.72. The molecule has 1 aliphatic rings. The van der Waals surface area contributed by atoms with Crippen LogP contribution in [-0.4, -0.2) is 29.8 Å². The number of rotatable bonds is 3. The van der Waals surface area contributed by atoms with E-state index in [1.165, 1.54) is 0 Å². The number of para-hydroxylation sites is 1. The molecule has 1 aliphatic heterocycles. The molecule has 0 radical (unpaired) electrons. The maximum atomic E-state index is 12.5. The van der Waals surface area contributed by atoms with E-state index in [0.29, 0.717) is 12.0 Å². The summed E-state index contributed by atoms with van der Waals surface area (Å²) in [7, 11) is 0. The number of ether oxygens (including phenoxy) is 1. The number of carbonyl (C=O) groups excluding carboxylic acids is 1. The summed E-state index contributed by atoms with van der Waals surface area (Å²) in [5, 5.41) is 12.8. The molecule has 0 aliphatic carbocycles. The molecule has 0 saturated heterocycles. The van der Waals surface area contributed by atoms with E-state index in [4.69, 9.17) is 4.74 Å². The standard InChI is InChI=1S/C18H19NO3/c1-13-5-4-7-14(9-13)17(21)19-18(11-20)10-15-6-2-3-8-16(15)22-12-18/h2-9,20H,10-12H2,1H3,(H,19,21). The number of fused-ring (bicyclic) bond motifs is 1. The normalized spacial score (nSPS) is 19.9. The van der Waals surface area contributed by atoms with Crippen LogP contribution in [0.3, 0.4) is 0 Å². The Hall–Kier alpha value is -2.33. The van der Waals surface area contributed by atoms with E-state index < -0.39 is 5.54 Å². The van der Waals surface area contributed by atoms with Gasteiger partial charge in [-0.3, -0.25) is 4.79 Å². The fourth-order valence-electron chi connectivity index (χ4n) is 2.74. The van der Waals surface area contributed by atoms with Crippen LogP contribution < -0.4 is 10.1 Å². The lowest BCUT2D eigenvalue weighted by Crippen LogP contribution is -2.58. The number of amides is 1. The summed E-state index contributed by atoms with van der Waals surface area (Å²) in [6, 6.07) is 15.1. The topological polar surface area (TPSA) is 58.6 Å². The molecule has 22 heavy (non-hydrogen) atoms. The van der Waals surface area contributed by atoms with Crippen molar-refractivity contribution in [2.75, 3.05) is 13.2 Å². The molecule has 0 spiro atoms. The van der Waals surface area contributed by atoms with Crippen molar-refractivity contribution in [1.82, 2.24) is 5.32 Å². The molecule has 4 heteroatoms. The van der Waals surface area contributed by atoms with E-state index in [1.54, 1.807) is 6.07 Å². The van der Waals surface area contributed by atoms with E-state index in [-0.39, 0.29) is 19.1 Å². The molecule has 1 atom stereocenters. The van der Waals surface area contributed by atoms with Gasteiger partial charge >= 0.3 is 0 Å². The Kier molecular flexibility index (Phi) is 3.86. The lowest BCUT2D eigenvalue weighted by molar-refractivity contribution is 0.0653. The number of hydrogen-bond donors (Lipinski definition) is 2. The molecule has 0 bridgehead atoms. The van der Waals surface area contributed by atoms with Crippen LogP contribution in [0.4, 0.5) is 0 Å². The highest BCUT2D eigenvalue weighted by Crippen LogP contribution is 2.29. The Morgan fingerprint density at radius 2 is 2.09 bits per heavy atom. The Labute approximate surface area is 129 Å². The van der Waals surface area contributed by atoms with Gasteiger partial charge in [0.1, 0.15) is 17.9 Å². The van der Waals surface area contributed by atoms with Crippen molar-refractivity contribution in [3.05, 3.63) is 65.2 Å². The third-order valence-corrected chi connectivity index (χ3v) is 3.97. The van der Waals surface area contributed by atoms with Gasteiger partial charge in [0.15, 0.2) is 0 Å². The number of hydrogen-bond acceptors (Lipinski definition) is 3. The smallest absolute Gasteiger partial charge is 0.251 e. The monoisotopic (exact) mass is 297 g/mol. The predicted octanol–water partition coefficient (Wildman–Crippen LogP) is 2.09. The number of aliphatic hydroxyl groups excluding tert-OH is 1. The highest BCUT2D eigenvalue weighted by molar-refractivity contribution is 5.95. The van der Waals surface area contributed by atoms with Crippen molar-refractivity contribution < 1.29 is 14.6 Å². The largest absolute Gasteiger partial charge is 0.491 e. The highest BCUT2D eigenvalue weighted by atomic mass is 16.5. The van der Waals surface area contributed by atoms with Crippen LogP contribution in [0.5, 0.6) is 5.75 Å². The van der Waals surface area contributed by atoms with Crippen LogP contribution >= 0.6 is 0 Å². The maximum Gasteiger partial charge on any atom is 0.251 e. The van der Waals surface area contributed by atoms with Gasteiger partial charge in [-0.2, -0.15) is 0 Å². The predicted molar refractivity (Wildman–Crippen MR) is 84.1 cm³/mol. The fourth-order valence-corrected chi connectivity index (χ4v) is 2.74. The molecule has 114 valence electrons. The maximum absolute atomic E-state index is 12.5. The molecule has 3 rings (SSSR count). The van der Waals surface area contributed by atoms with Gasteiger partial charge in [0, 0.05) is 12.0 Å². The van der Waals surface area contributed by atoms with E-state index in [0.717, 1.165) is 16.9 Å². The first-order valence-corrected chi connectivity index (χ1v) is 7.33. The number of carbonyl (C=O) groups is 1. The zero-order chi connectivity index (χ0) is 15.6. The first-order chi connectivity index (χ1) is 10.6. The van der Waals surface area contributed by atoms with Gasteiger partial charge in [-0.25, -0.2) is 0 Å². The molecule has 1 unspecified atom stereocenters. The van der Waals surface area contributed by atoms with Crippen molar-refractivity contribution in [2.45, 2.75) is 18.9 Å². The first kappa shape index (κ1) is 14.6. The average Bonchev–Trinajstić information content (AvgIpc) is 2.54. The van der Waals surface area contributed by atoms with E-state index >= 15 is 0 Å². The first-order valence-electron chi connectivity index (χ1n) is 7.33. The van der Waals surface area contributed by atoms with Crippen LogP contribution in [0.2, 0.25) is 0 Å². The molecule has 2 aromatic rings. The molecule has 0 aromatic heterocycles. The van der Waals surface area contributed by atoms with Gasteiger partial charge in [0.05, 0.1) is 6.61 Å². The van der Waals surface area contributed by atoms with E-state index in [1.807, 2.05) is 49.4 Å². The molecule has 0 saturated carbocycles. The molecular formula is C18H19NO3. The summed E-state index contributed by atoms with van der Waals surface area (Å²) in [4.78, 5) is 12.5. The lowest BCUT2D eigenvalue weighted by atomic mass is 9.89. The summed E-state index contributed by atoms with van der Waals surface area (Å²) in [6.07, 6.45) is 0.553. The Morgan fingerprint density at radius 1 is 1.27 bits per heavy atom. The molecule has 4 nitrogen and oxygen atoms in total. The van der Waals surface area contributed by atoms with Gasteiger partial charge in [0.25, 0.3) is 5.91 Å². The summed E-state index contributed by atoms with van der Waals surface area (Å²) >= 11 is 0. The van der Waals surface area contributed by atoms with Crippen molar-refractivity contribution in [1.29, 1.82) is 0 Å². The van der Waals surface area contributed by atoms with Crippen LogP contribution in [0.25, 0.3) is 0 Å². The van der Waals surface area contributed by atoms with Gasteiger partial charge in [-0.15, -0.1) is 0 Å². The fraction of sp³-hybridized carbons (Fsp3) is 0.278. The number of benzene rings is 2. The van der Waals surface area contributed by atoms with Crippen LogP contribution in [-0.2, 0) is 6.42 Å². The van der Waals surface area contributed by atoms with Gasteiger partial charge in [0.2, 0.25) is 0 Å². The zero-order valence-corrected chi connectivity index (χ0v) is 12.5. The van der Waals surface area contributed by atoms with Gasteiger partial charge < -0.3 is 15.2 Å². The number of aliphatic hydroxyl groups is 1. The van der Waals surface area contributed by atoms with Crippen molar-refractivity contribution in [3.63, 3.8) is 0 Å². The number of nitrogens with one attached hydrogen (secondary N) is 1. The second kappa shape index (κ2) is 5.81. The Bertz CT molecular complexity index is 698. The second-order valence-electron chi connectivity index (χ2n) is 5.84. The Morgan fingerprint density at radius 3 is 2.86 bits per heavy atom. The third kappa shape index (κ3) is 2.83. The molecule has 0 fully saturated rings. The third-order valence-electron chi connectivity index (χ3n) is 3.97. The molecule has 1 heterocycles. The summed E-state index contributed by atoms with van der Waals surface area (Å²) in [6.45, 7) is 2.04. The highest BCUT2D eigenvalue weighted by Gasteiger charge is 2.37. The number of aryl methyl sites for hydroxylation is 1. The lowest BCUT2D eigenvalue weighted by Gasteiger charge is -2.37. The molecule has 1 amide bonds. The average molecular weight is 297 g/mol. The minimum absolute atomic E-state index is 0.168. The summed E-state index contributed by atoms with van der Waals surface area (Å²) in [5.41, 5.74) is 1.82. The summed E-state index contributed by atoms with van der Waals surface area (Å²) in [5.74, 6) is 0.622. The van der Waals surface area contributed by atoms with Gasteiger partial charge in [-0.05, 0) is 30.7 Å². The van der Waals surface area contributed by atoms with E-state index in [2.05, 4.69) is 5.32 Å². The SMILES string of the molecule is Cc1cccc(C(=O)NC2(CO)COc3ccccc3C2)c1. The molecule has 2 N–H and O–H groups in total. The molecular weight excluding hydrogens is 278 g/mol. The van der Waals surface area contributed by atoms with E-state index in [9.17, 15) is 9.90 Å². The quantitative estimate of drug-likeness (QED) is 0.912. The Balaban J connectivity index is 1.82. The van der Waals surface area contributed by atoms with Crippen LogP contribution in [0, 0.1) is 6.92 Å². The minimum Gasteiger partial charge on any atom is -0.491 e. The minimum atomic E-state index is -0.783. The van der Waals surface area contributed by atoms with Crippen molar-refractivity contribution in [2.24, 2.45) is 0 Å². The van der Waals surface area contributed by atoms with Crippen LogP contribution in [0.15, 0.2) is 48.5 Å². The van der Waals surface area contributed by atoms with Crippen molar-refractivity contribution in [3.8, 4) is 5.75 Å². The van der Waals surface area contributed by atoms with Crippen LogP contribution in [0.1, 0.15) is 21.5 Å².